The van der Waals surface area contributed by atoms with Gasteiger partial charge in [0.2, 0.25) is 0 Å². The van der Waals surface area contributed by atoms with Crippen LogP contribution >= 0.6 is 0 Å². The second kappa shape index (κ2) is 5.46. The average Bonchev–Trinajstić information content (AvgIpc) is 2.53. The zero-order valence-corrected chi connectivity index (χ0v) is 12.8. The van der Waals surface area contributed by atoms with E-state index in [4.69, 9.17) is 0 Å². The molecule has 0 N–H and O–H groups in total. The molecular weight excluding hydrogens is 300 g/mol. The van der Waals surface area contributed by atoms with Gasteiger partial charge in [0.15, 0.2) is 27.3 Å². The molecule has 1 aliphatic rings. The lowest BCUT2D eigenvalue weighted by Crippen LogP contribution is -2.31. The average molecular weight is 315 g/mol. The molecule has 0 saturated heterocycles. The Labute approximate surface area is 128 Å². The molecule has 0 aromatic heterocycles. The van der Waals surface area contributed by atoms with E-state index in [2.05, 4.69) is 4.99 Å². The Bertz CT molecular complexity index is 858. The minimum absolute atomic E-state index is 0.0232. The van der Waals surface area contributed by atoms with Gasteiger partial charge in [-0.25, -0.2) is 8.42 Å². The van der Waals surface area contributed by atoms with E-state index in [0.29, 0.717) is 10.4 Å². The third-order valence-corrected chi connectivity index (χ3v) is 5.29. The van der Waals surface area contributed by atoms with Crippen LogP contribution in [-0.4, -0.2) is 24.8 Å². The van der Waals surface area contributed by atoms with Crippen molar-refractivity contribution in [2.75, 3.05) is 5.75 Å². The van der Waals surface area contributed by atoms with Gasteiger partial charge < -0.3 is 0 Å². The molecule has 0 radical (unpaired) electrons. The first-order chi connectivity index (χ1) is 10.5. The van der Waals surface area contributed by atoms with Crippen LogP contribution < -0.4 is 0 Å². The summed E-state index contributed by atoms with van der Waals surface area (Å²) in [5.41, 5.74) is 1.46. The first kappa shape index (κ1) is 14.6. The molecule has 1 heterocycles. The smallest absolute Gasteiger partial charge is 0.223 e. The van der Waals surface area contributed by atoms with Gasteiger partial charge in [0.25, 0.3) is 0 Å². The Kier molecular flexibility index (Phi) is 3.62. The molecule has 1 aliphatic heterocycles. The van der Waals surface area contributed by atoms with Crippen molar-refractivity contribution >= 4 is 21.4 Å². The molecular formula is C16H15N2O3S+. The van der Waals surface area contributed by atoms with E-state index in [1.807, 2.05) is 18.2 Å². The van der Waals surface area contributed by atoms with Gasteiger partial charge in [0.05, 0.1) is 10.5 Å². The van der Waals surface area contributed by atoms with Crippen LogP contribution in [0.4, 0.5) is 5.69 Å². The fraction of sp³-hybridized carbons (Fsp3) is 0.188. The van der Waals surface area contributed by atoms with Crippen LogP contribution in [-0.2, 0) is 9.84 Å². The van der Waals surface area contributed by atoms with Crippen molar-refractivity contribution in [2.24, 2.45) is 4.99 Å². The highest BCUT2D eigenvalue weighted by atomic mass is 32.2. The van der Waals surface area contributed by atoms with Crippen LogP contribution in [0.3, 0.4) is 0 Å². The van der Waals surface area contributed by atoms with Crippen LogP contribution in [0.5, 0.6) is 0 Å². The maximum absolute atomic E-state index is 12.4. The summed E-state index contributed by atoms with van der Waals surface area (Å²) in [5.74, 6) is -0.380. The quantitative estimate of drug-likeness (QED) is 0.818. The number of amidine groups is 1. The largest absolute Gasteiger partial charge is 0.353 e. The maximum Gasteiger partial charge on any atom is 0.353 e. The van der Waals surface area contributed by atoms with Crippen molar-refractivity contribution in [2.45, 2.75) is 17.9 Å². The second-order valence-electron chi connectivity index (χ2n) is 5.16. The molecule has 5 nitrogen and oxygen atoms in total. The van der Waals surface area contributed by atoms with Gasteiger partial charge in [-0.05, 0) is 34.9 Å². The number of rotatable bonds is 3. The number of para-hydroxylation sites is 1. The van der Waals surface area contributed by atoms with E-state index >= 15 is 0 Å². The third-order valence-electron chi connectivity index (χ3n) is 3.66. The molecule has 2 aromatic carbocycles. The molecule has 0 saturated carbocycles. The Morgan fingerprint density at radius 3 is 2.41 bits per heavy atom. The Morgan fingerprint density at radius 1 is 1.05 bits per heavy atom. The highest BCUT2D eigenvalue weighted by Gasteiger charge is 2.37. The van der Waals surface area contributed by atoms with Gasteiger partial charge in [0, 0.05) is 0 Å². The number of benzene rings is 2. The zero-order valence-electron chi connectivity index (χ0n) is 12.0. The maximum atomic E-state index is 12.4. The van der Waals surface area contributed by atoms with E-state index in [-0.39, 0.29) is 10.7 Å². The van der Waals surface area contributed by atoms with Crippen molar-refractivity contribution in [3.63, 3.8) is 0 Å². The molecule has 2 aromatic rings. The summed E-state index contributed by atoms with van der Waals surface area (Å²) in [6, 6.07) is 14.9. The summed E-state index contributed by atoms with van der Waals surface area (Å²) in [7, 11) is -3.59. The van der Waals surface area contributed by atoms with Gasteiger partial charge in [-0.2, -0.15) is 0 Å². The number of hydrogen-bond acceptors (Lipinski definition) is 4. The molecule has 6 heteroatoms. The summed E-state index contributed by atoms with van der Waals surface area (Å²) in [5, 5.41) is 0. The van der Waals surface area contributed by atoms with Gasteiger partial charge in [-0.15, -0.1) is 0 Å². The summed E-state index contributed by atoms with van der Waals surface area (Å²) < 4.78 is 25.5. The molecule has 22 heavy (non-hydrogen) atoms. The lowest BCUT2D eigenvalue weighted by Gasteiger charge is -2.13. The van der Waals surface area contributed by atoms with Crippen LogP contribution in [0.2, 0.25) is 0 Å². The van der Waals surface area contributed by atoms with Crippen LogP contribution in [0.15, 0.2) is 64.5 Å². The van der Waals surface area contributed by atoms with Crippen molar-refractivity contribution in [3.8, 4) is 0 Å². The standard InChI is InChI=1S/C16H15N2O3S/c1-12-14-9-5-6-10-15(14)17-16(18(12)19)11-22(20,21)13-7-3-2-4-8-13/h2-10,12H,11H2,1H3/q+1. The van der Waals surface area contributed by atoms with Crippen molar-refractivity contribution in [1.82, 2.24) is 0 Å². The minimum atomic E-state index is -3.59. The topological polar surface area (TPSA) is 66.6 Å². The number of nitroso groups, excluding NO2 is 1. The van der Waals surface area contributed by atoms with Gasteiger partial charge >= 0.3 is 5.84 Å². The van der Waals surface area contributed by atoms with Crippen molar-refractivity contribution in [1.29, 1.82) is 0 Å². The predicted octanol–water partition coefficient (Wildman–Crippen LogP) is 3.04. The Morgan fingerprint density at radius 2 is 1.68 bits per heavy atom. The lowest BCUT2D eigenvalue weighted by atomic mass is 10.0. The first-order valence-electron chi connectivity index (χ1n) is 6.90. The molecule has 0 spiro atoms. The summed E-state index contributed by atoms with van der Waals surface area (Å²) in [4.78, 5) is 16.7. The van der Waals surface area contributed by atoms with Crippen molar-refractivity contribution < 1.29 is 13.2 Å². The SMILES string of the molecule is CC1c2ccccc2N=C(CS(=O)(=O)c2ccccc2)[N+]1=O. The monoisotopic (exact) mass is 315 g/mol. The first-order valence-corrected chi connectivity index (χ1v) is 8.55. The molecule has 3 rings (SSSR count). The zero-order chi connectivity index (χ0) is 15.7. The van der Waals surface area contributed by atoms with Crippen molar-refractivity contribution in [3.05, 3.63) is 65.1 Å². The number of sulfone groups is 1. The van der Waals surface area contributed by atoms with E-state index < -0.39 is 21.6 Å². The number of aliphatic imine (C=N–C) groups is 1. The number of nitrogens with zero attached hydrogens (tertiary/aromatic N) is 2. The second-order valence-corrected chi connectivity index (χ2v) is 7.15. The van der Waals surface area contributed by atoms with Gasteiger partial charge in [0.1, 0.15) is 0 Å². The van der Waals surface area contributed by atoms with Crippen LogP contribution in [0.1, 0.15) is 18.5 Å². The fourth-order valence-electron chi connectivity index (χ4n) is 2.46. The van der Waals surface area contributed by atoms with Gasteiger partial charge in [-0.3, -0.25) is 0 Å². The molecule has 112 valence electrons. The Hall–Kier alpha value is -2.34. The summed E-state index contributed by atoms with van der Waals surface area (Å²) >= 11 is 0. The molecule has 0 aliphatic carbocycles. The minimum Gasteiger partial charge on any atom is -0.223 e. The normalized spacial score (nSPS) is 17.8. The van der Waals surface area contributed by atoms with Gasteiger partial charge in [-0.1, -0.05) is 41.3 Å². The highest BCUT2D eigenvalue weighted by molar-refractivity contribution is 7.92. The molecule has 0 bridgehead atoms. The summed E-state index contributed by atoms with van der Waals surface area (Å²) in [6.45, 7) is 1.75. The predicted molar refractivity (Wildman–Crippen MR) is 84.1 cm³/mol. The van der Waals surface area contributed by atoms with Crippen LogP contribution in [0.25, 0.3) is 0 Å². The number of fused-ring (bicyclic) bond motifs is 1. The molecule has 1 unspecified atom stereocenters. The molecule has 0 fully saturated rings. The highest BCUT2D eigenvalue weighted by Crippen LogP contribution is 2.32. The fourth-order valence-corrected chi connectivity index (χ4v) is 3.73. The van der Waals surface area contributed by atoms with Crippen LogP contribution in [0, 0.1) is 4.91 Å². The Balaban J connectivity index is 2.00. The van der Waals surface area contributed by atoms with E-state index in [9.17, 15) is 13.3 Å². The molecule has 1 atom stereocenters. The van der Waals surface area contributed by atoms with E-state index in [1.165, 1.54) is 12.1 Å². The van der Waals surface area contributed by atoms with E-state index in [1.54, 1.807) is 31.2 Å². The van der Waals surface area contributed by atoms with E-state index in [0.717, 1.165) is 5.56 Å². The molecule has 0 amide bonds. The third kappa shape index (κ3) is 2.57. The summed E-state index contributed by atoms with van der Waals surface area (Å²) in [6.07, 6.45) is 0. The number of hydrogen-bond donors (Lipinski definition) is 0. The lowest BCUT2D eigenvalue weighted by molar-refractivity contribution is -0.480.